The lowest BCUT2D eigenvalue weighted by Crippen LogP contribution is -1.88. The van der Waals surface area contributed by atoms with Gasteiger partial charge in [0, 0.05) is 13.7 Å². The first kappa shape index (κ1) is 15.3. The van der Waals surface area contributed by atoms with E-state index in [1.807, 2.05) is 0 Å². The Morgan fingerprint density at radius 1 is 1.23 bits per heavy atom. The summed E-state index contributed by atoms with van der Waals surface area (Å²) < 4.78 is 30.8. The van der Waals surface area contributed by atoms with Crippen LogP contribution in [0.4, 0.5) is 0 Å². The van der Waals surface area contributed by atoms with Gasteiger partial charge in [0.1, 0.15) is 0 Å². The molecule has 0 aromatic rings. The van der Waals surface area contributed by atoms with E-state index in [1.165, 1.54) is 25.7 Å². The van der Waals surface area contributed by atoms with Gasteiger partial charge in [0.25, 0.3) is 10.1 Å². The molecule has 0 saturated heterocycles. The molecule has 0 unspecified atom stereocenters. The standard InChI is InChI=1S/C7H16O.CH4O3S/c1-3-4-5-6-7-8-2;1-5(2,3)4/h3-7H2,1-2H3;1H3,(H,2,3,4). The van der Waals surface area contributed by atoms with Crippen LogP contribution in [0.25, 0.3) is 0 Å². The van der Waals surface area contributed by atoms with Gasteiger partial charge in [0.15, 0.2) is 0 Å². The number of ether oxygens (including phenoxy) is 1. The Morgan fingerprint density at radius 3 is 2.00 bits per heavy atom. The van der Waals surface area contributed by atoms with Gasteiger partial charge in [-0.1, -0.05) is 26.2 Å². The summed E-state index contributed by atoms with van der Waals surface area (Å²) >= 11 is 0. The average Bonchev–Trinajstić information content (AvgIpc) is 1.95. The minimum Gasteiger partial charge on any atom is -0.385 e. The van der Waals surface area contributed by atoms with Gasteiger partial charge in [-0.25, -0.2) is 0 Å². The van der Waals surface area contributed by atoms with Crippen molar-refractivity contribution in [3.8, 4) is 0 Å². The summed E-state index contributed by atoms with van der Waals surface area (Å²) in [6.07, 6.45) is 5.93. The van der Waals surface area contributed by atoms with Gasteiger partial charge in [-0.15, -0.1) is 0 Å². The topological polar surface area (TPSA) is 63.6 Å². The molecule has 0 amide bonds. The van der Waals surface area contributed by atoms with Gasteiger partial charge in [-0.2, -0.15) is 8.42 Å². The molecule has 0 heterocycles. The van der Waals surface area contributed by atoms with E-state index in [0.29, 0.717) is 6.26 Å². The number of rotatable bonds is 5. The van der Waals surface area contributed by atoms with Crippen LogP contribution in [0.15, 0.2) is 0 Å². The van der Waals surface area contributed by atoms with Crippen molar-refractivity contribution in [1.29, 1.82) is 0 Å². The molecule has 0 aliphatic rings. The summed E-state index contributed by atoms with van der Waals surface area (Å²) in [5.74, 6) is 0. The van der Waals surface area contributed by atoms with Crippen LogP contribution < -0.4 is 0 Å². The summed E-state index contributed by atoms with van der Waals surface area (Å²) in [6.45, 7) is 3.15. The fourth-order valence-electron chi connectivity index (χ4n) is 0.673. The highest BCUT2D eigenvalue weighted by Gasteiger charge is 1.83. The Hall–Kier alpha value is -0.130. The van der Waals surface area contributed by atoms with Crippen LogP contribution in [0.3, 0.4) is 0 Å². The average molecular weight is 212 g/mol. The summed E-state index contributed by atoms with van der Waals surface area (Å²) in [5.41, 5.74) is 0. The highest BCUT2D eigenvalue weighted by atomic mass is 32.2. The summed E-state index contributed by atoms with van der Waals surface area (Å²) in [5, 5.41) is 0. The molecule has 0 bridgehead atoms. The van der Waals surface area contributed by atoms with Gasteiger partial charge in [0.05, 0.1) is 6.26 Å². The van der Waals surface area contributed by atoms with Crippen molar-refractivity contribution in [3.05, 3.63) is 0 Å². The third-order valence-electron chi connectivity index (χ3n) is 1.20. The fourth-order valence-corrected chi connectivity index (χ4v) is 0.673. The molecular formula is C8H20O4S. The zero-order valence-corrected chi connectivity index (χ0v) is 9.43. The number of unbranched alkanes of at least 4 members (excludes halogenated alkanes) is 3. The molecule has 4 nitrogen and oxygen atoms in total. The number of hydrogen-bond donors (Lipinski definition) is 1. The van der Waals surface area contributed by atoms with Crippen molar-refractivity contribution >= 4 is 10.1 Å². The zero-order valence-electron chi connectivity index (χ0n) is 8.62. The van der Waals surface area contributed by atoms with Crippen molar-refractivity contribution in [2.75, 3.05) is 20.0 Å². The van der Waals surface area contributed by atoms with Crippen molar-refractivity contribution in [3.63, 3.8) is 0 Å². The lowest BCUT2D eigenvalue weighted by Gasteiger charge is -1.95. The van der Waals surface area contributed by atoms with Gasteiger partial charge in [-0.3, -0.25) is 4.55 Å². The van der Waals surface area contributed by atoms with Crippen molar-refractivity contribution in [1.82, 2.24) is 0 Å². The van der Waals surface area contributed by atoms with Crippen molar-refractivity contribution < 1.29 is 17.7 Å². The van der Waals surface area contributed by atoms with E-state index in [1.54, 1.807) is 7.11 Å². The molecule has 1 N–H and O–H groups in total. The van der Waals surface area contributed by atoms with Crippen LogP contribution in [0.1, 0.15) is 32.6 Å². The second-order valence-corrected chi connectivity index (χ2v) is 4.25. The maximum Gasteiger partial charge on any atom is 0.261 e. The Kier molecular flexibility index (Phi) is 11.8. The van der Waals surface area contributed by atoms with Crippen LogP contribution >= 0.6 is 0 Å². The molecule has 0 fully saturated rings. The minimum absolute atomic E-state index is 0.715. The van der Waals surface area contributed by atoms with Gasteiger partial charge >= 0.3 is 0 Å². The largest absolute Gasteiger partial charge is 0.385 e. The van der Waals surface area contributed by atoms with E-state index in [4.69, 9.17) is 9.29 Å². The van der Waals surface area contributed by atoms with E-state index in [-0.39, 0.29) is 0 Å². The first-order chi connectivity index (χ1) is 5.91. The Labute approximate surface area is 81.0 Å². The summed E-state index contributed by atoms with van der Waals surface area (Å²) in [6, 6.07) is 0. The second-order valence-electron chi connectivity index (χ2n) is 2.79. The first-order valence-electron chi connectivity index (χ1n) is 4.33. The van der Waals surface area contributed by atoms with Crippen molar-refractivity contribution in [2.45, 2.75) is 32.6 Å². The predicted molar refractivity (Wildman–Crippen MR) is 53.5 cm³/mol. The molecule has 0 aliphatic carbocycles. The number of methoxy groups -OCH3 is 1. The zero-order chi connectivity index (χ0) is 10.7. The van der Waals surface area contributed by atoms with Gasteiger partial charge < -0.3 is 4.74 Å². The number of hydrogen-bond acceptors (Lipinski definition) is 3. The summed E-state index contributed by atoms with van der Waals surface area (Å²) in [7, 11) is -1.91. The van der Waals surface area contributed by atoms with E-state index in [9.17, 15) is 8.42 Å². The van der Waals surface area contributed by atoms with E-state index in [0.717, 1.165) is 6.61 Å². The van der Waals surface area contributed by atoms with Crippen LogP contribution in [-0.4, -0.2) is 32.9 Å². The Balaban J connectivity index is 0. The first-order valence-corrected chi connectivity index (χ1v) is 6.18. The molecule has 0 radical (unpaired) electrons. The maximum atomic E-state index is 9.19. The monoisotopic (exact) mass is 212 g/mol. The summed E-state index contributed by atoms with van der Waals surface area (Å²) in [4.78, 5) is 0. The molecule has 0 aliphatic heterocycles. The van der Waals surface area contributed by atoms with Gasteiger partial charge in [0.2, 0.25) is 0 Å². The van der Waals surface area contributed by atoms with Gasteiger partial charge in [-0.05, 0) is 6.42 Å². The lowest BCUT2D eigenvalue weighted by molar-refractivity contribution is 0.192. The second kappa shape index (κ2) is 9.95. The van der Waals surface area contributed by atoms with E-state index in [2.05, 4.69) is 6.92 Å². The smallest absolute Gasteiger partial charge is 0.261 e. The molecule has 0 aromatic carbocycles. The molecule has 82 valence electrons. The molecule has 5 heteroatoms. The molecular weight excluding hydrogens is 192 g/mol. The van der Waals surface area contributed by atoms with Crippen LogP contribution in [0.5, 0.6) is 0 Å². The third kappa shape index (κ3) is 48.8. The van der Waals surface area contributed by atoms with Crippen molar-refractivity contribution in [2.24, 2.45) is 0 Å². The van der Waals surface area contributed by atoms with E-state index < -0.39 is 10.1 Å². The predicted octanol–water partition coefficient (Wildman–Crippen LogP) is 1.72. The minimum atomic E-state index is -3.67. The van der Waals surface area contributed by atoms with Crippen LogP contribution in [-0.2, 0) is 14.9 Å². The molecule has 0 spiro atoms. The SMILES string of the molecule is CCCCCCOC.CS(=O)(=O)O. The molecule has 0 rings (SSSR count). The Morgan fingerprint density at radius 2 is 1.69 bits per heavy atom. The highest BCUT2D eigenvalue weighted by Crippen LogP contribution is 1.97. The molecule has 13 heavy (non-hydrogen) atoms. The highest BCUT2D eigenvalue weighted by molar-refractivity contribution is 7.85. The lowest BCUT2D eigenvalue weighted by atomic mass is 10.2. The maximum absolute atomic E-state index is 9.19. The van der Waals surface area contributed by atoms with Crippen LogP contribution in [0.2, 0.25) is 0 Å². The third-order valence-corrected chi connectivity index (χ3v) is 1.20. The normalized spacial score (nSPS) is 10.5. The van der Waals surface area contributed by atoms with Crippen LogP contribution in [0, 0.1) is 0 Å². The molecule has 0 aromatic heterocycles. The molecule has 0 atom stereocenters. The Bertz CT molecular complexity index is 161. The fraction of sp³-hybridized carbons (Fsp3) is 1.00. The molecule has 0 saturated carbocycles. The quantitative estimate of drug-likeness (QED) is 0.556. The van der Waals surface area contributed by atoms with E-state index >= 15 is 0 Å².